The zero-order valence-corrected chi connectivity index (χ0v) is 5.26. The third-order valence-electron chi connectivity index (χ3n) is 0.431. The van der Waals surface area contributed by atoms with E-state index in [1.54, 1.807) is 5.41 Å². The van der Waals surface area contributed by atoms with Crippen LogP contribution in [-0.2, 0) is 0 Å². The summed E-state index contributed by atoms with van der Waals surface area (Å²) in [6.45, 7) is 1.93. The maximum absolute atomic E-state index is 5.33. The molecule has 0 aromatic carbocycles. The molecule has 36 valence electrons. The second kappa shape index (κ2) is 3.57. The van der Waals surface area contributed by atoms with Crippen molar-refractivity contribution in [1.82, 2.24) is 0 Å². The number of thiol groups is 1. The molecule has 0 N–H and O–H groups in total. The predicted molar refractivity (Wildman–Crippen MR) is 33.5 cm³/mol. The Kier molecular flexibility index (Phi) is 3.79. The van der Waals surface area contributed by atoms with Crippen LogP contribution in [0.25, 0.3) is 0 Å². The van der Waals surface area contributed by atoms with Gasteiger partial charge in [0.15, 0.2) is 0 Å². The van der Waals surface area contributed by atoms with E-state index >= 15 is 0 Å². The van der Waals surface area contributed by atoms with Crippen molar-refractivity contribution in [2.75, 3.05) is 5.88 Å². The quantitative estimate of drug-likeness (QED) is 0.400. The number of hydrogen-bond acceptors (Lipinski definition) is 1. The van der Waals surface area contributed by atoms with E-state index in [2.05, 4.69) is 12.6 Å². The van der Waals surface area contributed by atoms with Crippen molar-refractivity contribution in [3.8, 4) is 0 Å². The van der Waals surface area contributed by atoms with Crippen LogP contribution in [0.2, 0.25) is 0 Å². The molecule has 0 nitrogen and oxygen atoms in total. The molecule has 0 amide bonds. The minimum atomic E-state index is 0.587. The average molecular weight is 123 g/mol. The second-order valence-corrected chi connectivity index (χ2v) is 1.63. The summed E-state index contributed by atoms with van der Waals surface area (Å²) in [6.07, 6.45) is 0. The maximum Gasteiger partial charge on any atom is 0.0438 e. The van der Waals surface area contributed by atoms with E-state index in [1.807, 2.05) is 6.92 Å². The van der Waals surface area contributed by atoms with E-state index in [-0.39, 0.29) is 0 Å². The first kappa shape index (κ1) is 6.38. The molecule has 0 saturated heterocycles. The molecule has 2 heteroatoms. The fourth-order valence-corrected chi connectivity index (χ4v) is 0.311. The molecular formula is C4H7ClS. The van der Waals surface area contributed by atoms with Crippen LogP contribution in [0.5, 0.6) is 0 Å². The lowest BCUT2D eigenvalue weighted by Crippen LogP contribution is -1.69. The van der Waals surface area contributed by atoms with Crippen LogP contribution in [0, 0.1) is 0 Å². The standard InChI is InChI=1S/C4H7ClS/c1-4(2-5)3-6/h3,6H,2H2,1H3/b4-3+. The third kappa shape index (κ3) is 2.61. The Morgan fingerprint density at radius 3 is 2.50 bits per heavy atom. The van der Waals surface area contributed by atoms with E-state index in [9.17, 15) is 0 Å². The van der Waals surface area contributed by atoms with E-state index in [4.69, 9.17) is 11.6 Å². The number of hydrogen-bond donors (Lipinski definition) is 1. The molecule has 0 spiro atoms. The Morgan fingerprint density at radius 2 is 2.50 bits per heavy atom. The summed E-state index contributed by atoms with van der Waals surface area (Å²) in [7, 11) is 0. The molecule has 0 rings (SSSR count). The molecule has 6 heavy (non-hydrogen) atoms. The van der Waals surface area contributed by atoms with E-state index in [1.165, 1.54) is 0 Å². The van der Waals surface area contributed by atoms with E-state index < -0.39 is 0 Å². The van der Waals surface area contributed by atoms with Crippen molar-refractivity contribution in [3.05, 3.63) is 11.0 Å². The summed E-state index contributed by atoms with van der Waals surface area (Å²) in [6, 6.07) is 0. The molecule has 0 aliphatic rings. The number of alkyl halides is 1. The van der Waals surface area contributed by atoms with Crippen LogP contribution in [0.15, 0.2) is 11.0 Å². The first-order valence-electron chi connectivity index (χ1n) is 1.67. The van der Waals surface area contributed by atoms with Crippen LogP contribution in [-0.4, -0.2) is 5.88 Å². The van der Waals surface area contributed by atoms with Gasteiger partial charge in [-0.05, 0) is 12.3 Å². The SMILES string of the molecule is C/C(=C\S)CCl. The lowest BCUT2D eigenvalue weighted by molar-refractivity contribution is 1.42. The highest BCUT2D eigenvalue weighted by molar-refractivity contribution is 7.83. The Hall–Kier alpha value is 0.380. The van der Waals surface area contributed by atoms with Gasteiger partial charge < -0.3 is 0 Å². The average Bonchev–Trinajstić information content (AvgIpc) is 1.65. The molecule has 0 aromatic rings. The zero-order chi connectivity index (χ0) is 4.99. The van der Waals surface area contributed by atoms with E-state index in [0.29, 0.717) is 5.88 Å². The van der Waals surface area contributed by atoms with Crippen LogP contribution in [0.4, 0.5) is 0 Å². The fourth-order valence-electron chi connectivity index (χ4n) is 0.0345. The molecule has 0 aliphatic heterocycles. The van der Waals surface area contributed by atoms with Crippen LogP contribution >= 0.6 is 24.2 Å². The monoisotopic (exact) mass is 122 g/mol. The van der Waals surface area contributed by atoms with Crippen LogP contribution in [0.1, 0.15) is 6.92 Å². The number of halogens is 1. The fraction of sp³-hybridized carbons (Fsp3) is 0.500. The van der Waals surface area contributed by atoms with Gasteiger partial charge >= 0.3 is 0 Å². The van der Waals surface area contributed by atoms with Crippen LogP contribution in [0.3, 0.4) is 0 Å². The molecule has 0 aliphatic carbocycles. The van der Waals surface area contributed by atoms with Crippen molar-refractivity contribution in [3.63, 3.8) is 0 Å². The van der Waals surface area contributed by atoms with Gasteiger partial charge in [-0.1, -0.05) is 5.57 Å². The van der Waals surface area contributed by atoms with Gasteiger partial charge in [-0.15, -0.1) is 11.6 Å². The van der Waals surface area contributed by atoms with E-state index in [0.717, 1.165) is 5.57 Å². The molecular weight excluding hydrogens is 116 g/mol. The first-order chi connectivity index (χ1) is 2.81. The molecule has 0 heterocycles. The predicted octanol–water partition coefficient (Wildman–Crippen LogP) is 2.06. The molecule has 0 fully saturated rings. The summed E-state index contributed by atoms with van der Waals surface area (Å²) >= 11 is 9.18. The van der Waals surface area contributed by atoms with Crippen molar-refractivity contribution in [1.29, 1.82) is 0 Å². The van der Waals surface area contributed by atoms with Crippen LogP contribution < -0.4 is 0 Å². The normalized spacial score (nSPS) is 12.2. The second-order valence-electron chi connectivity index (χ2n) is 1.11. The zero-order valence-electron chi connectivity index (χ0n) is 3.61. The van der Waals surface area contributed by atoms with Crippen molar-refractivity contribution < 1.29 is 0 Å². The Morgan fingerprint density at radius 1 is 2.00 bits per heavy atom. The summed E-state index contributed by atoms with van der Waals surface area (Å²) in [5.41, 5.74) is 1.10. The van der Waals surface area contributed by atoms with Gasteiger partial charge in [0.25, 0.3) is 0 Å². The summed E-state index contributed by atoms with van der Waals surface area (Å²) in [5.74, 6) is 0.587. The van der Waals surface area contributed by atoms with Crippen molar-refractivity contribution in [2.45, 2.75) is 6.92 Å². The maximum atomic E-state index is 5.33. The highest BCUT2D eigenvalue weighted by Crippen LogP contribution is 1.95. The Labute approximate surface area is 48.6 Å². The third-order valence-corrected chi connectivity index (χ3v) is 1.29. The number of rotatable bonds is 1. The minimum Gasteiger partial charge on any atom is -0.151 e. The molecule has 0 atom stereocenters. The van der Waals surface area contributed by atoms with Gasteiger partial charge in [0.2, 0.25) is 0 Å². The van der Waals surface area contributed by atoms with Crippen molar-refractivity contribution >= 4 is 24.2 Å². The van der Waals surface area contributed by atoms with Gasteiger partial charge in [0, 0.05) is 5.88 Å². The first-order valence-corrected chi connectivity index (χ1v) is 2.72. The van der Waals surface area contributed by atoms with Gasteiger partial charge in [0.05, 0.1) is 0 Å². The van der Waals surface area contributed by atoms with Gasteiger partial charge in [0.1, 0.15) is 0 Å². The highest BCUT2D eigenvalue weighted by atomic mass is 35.5. The summed E-state index contributed by atoms with van der Waals surface area (Å²) in [5, 5.41) is 1.70. The Balaban J connectivity index is 3.22. The lowest BCUT2D eigenvalue weighted by Gasteiger charge is -1.82. The highest BCUT2D eigenvalue weighted by Gasteiger charge is 1.75. The smallest absolute Gasteiger partial charge is 0.0438 e. The molecule has 0 aromatic heterocycles. The lowest BCUT2D eigenvalue weighted by atomic mass is 10.4. The molecule has 0 bridgehead atoms. The van der Waals surface area contributed by atoms with Gasteiger partial charge in [-0.2, -0.15) is 12.6 Å². The molecule has 0 radical (unpaired) electrons. The van der Waals surface area contributed by atoms with Crippen molar-refractivity contribution in [2.24, 2.45) is 0 Å². The minimum absolute atomic E-state index is 0.587. The summed E-state index contributed by atoms with van der Waals surface area (Å²) < 4.78 is 0. The summed E-state index contributed by atoms with van der Waals surface area (Å²) in [4.78, 5) is 0. The Bertz CT molecular complexity index is 58.6. The van der Waals surface area contributed by atoms with Gasteiger partial charge in [-0.3, -0.25) is 0 Å². The van der Waals surface area contributed by atoms with Gasteiger partial charge in [-0.25, -0.2) is 0 Å². The molecule has 0 unspecified atom stereocenters. The molecule has 0 saturated carbocycles. The largest absolute Gasteiger partial charge is 0.151 e. The number of allylic oxidation sites excluding steroid dienone is 1. The topological polar surface area (TPSA) is 0 Å².